The number of likely N-dealkylation sites (tertiary alicyclic amines) is 1. The number of anilines is 1. The molecule has 1 unspecified atom stereocenters. The molecule has 4 nitrogen and oxygen atoms in total. The molecule has 1 fully saturated rings. The van der Waals surface area contributed by atoms with E-state index in [4.69, 9.17) is 0 Å². The van der Waals surface area contributed by atoms with Crippen LogP contribution < -0.4 is 5.32 Å². The molecule has 0 radical (unpaired) electrons. The number of pyridine rings is 1. The van der Waals surface area contributed by atoms with Gasteiger partial charge in [-0.05, 0) is 31.0 Å². The van der Waals surface area contributed by atoms with E-state index in [1.54, 1.807) is 4.90 Å². The number of carbonyl (C=O) groups is 1. The summed E-state index contributed by atoms with van der Waals surface area (Å²) in [4.78, 5) is 17.7. The molecule has 0 aliphatic carbocycles. The molecule has 2 aromatic rings. The molecule has 1 aliphatic heterocycles. The van der Waals surface area contributed by atoms with Gasteiger partial charge in [0, 0.05) is 13.1 Å². The molecule has 0 saturated carbocycles. The number of rotatable bonds is 4. The van der Waals surface area contributed by atoms with E-state index in [1.807, 2.05) is 31.2 Å². The normalized spacial score (nSPS) is 17.8. The van der Waals surface area contributed by atoms with Crippen molar-refractivity contribution in [3.63, 3.8) is 0 Å². The van der Waals surface area contributed by atoms with Crippen LogP contribution in [0.25, 0.3) is 0 Å². The second-order valence-electron chi connectivity index (χ2n) is 6.14. The zero-order valence-corrected chi connectivity index (χ0v) is 13.7. The van der Waals surface area contributed by atoms with Gasteiger partial charge in [-0.25, -0.2) is 4.98 Å². The van der Waals surface area contributed by atoms with Gasteiger partial charge in [-0.1, -0.05) is 35.9 Å². The molecule has 1 amide bonds. The molecule has 1 aromatic carbocycles. The number of hydrogen-bond acceptors (Lipinski definition) is 3. The summed E-state index contributed by atoms with van der Waals surface area (Å²) in [5.41, 5.74) is 1.20. The monoisotopic (exact) mass is 349 g/mol. The van der Waals surface area contributed by atoms with Gasteiger partial charge in [-0.2, -0.15) is 13.2 Å². The lowest BCUT2D eigenvalue weighted by Crippen LogP contribution is -2.33. The summed E-state index contributed by atoms with van der Waals surface area (Å²) < 4.78 is 38.2. The fraction of sp³-hybridized carbons (Fsp3) is 0.333. The minimum Gasteiger partial charge on any atom is -0.358 e. The SMILES string of the molecule is Cc1ccc(CN2CCC(Nc3cccc(C(F)(F)F)n3)C2=O)cc1. The van der Waals surface area contributed by atoms with Gasteiger partial charge < -0.3 is 10.2 Å². The standard InChI is InChI=1S/C18H18F3N3O/c1-12-5-7-13(8-6-12)11-24-10-9-14(17(24)25)22-16-4-2-3-15(23-16)18(19,20)21/h2-8,14H,9-11H2,1H3,(H,22,23). The minimum absolute atomic E-state index is 0.0605. The number of aryl methyl sites for hydroxylation is 1. The summed E-state index contributed by atoms with van der Waals surface area (Å²) in [6.07, 6.45) is -3.97. The highest BCUT2D eigenvalue weighted by Crippen LogP contribution is 2.28. The fourth-order valence-corrected chi connectivity index (χ4v) is 2.80. The summed E-state index contributed by atoms with van der Waals surface area (Å²) >= 11 is 0. The van der Waals surface area contributed by atoms with Crippen molar-refractivity contribution < 1.29 is 18.0 Å². The molecule has 25 heavy (non-hydrogen) atoms. The van der Waals surface area contributed by atoms with E-state index in [1.165, 1.54) is 12.1 Å². The Morgan fingerprint density at radius 1 is 1.20 bits per heavy atom. The predicted octanol–water partition coefficient (Wildman–Crippen LogP) is 3.62. The largest absolute Gasteiger partial charge is 0.433 e. The Morgan fingerprint density at radius 3 is 2.60 bits per heavy atom. The topological polar surface area (TPSA) is 45.2 Å². The van der Waals surface area contributed by atoms with Gasteiger partial charge in [0.1, 0.15) is 17.6 Å². The highest BCUT2D eigenvalue weighted by molar-refractivity contribution is 5.86. The number of halogens is 3. The van der Waals surface area contributed by atoms with Gasteiger partial charge in [0.2, 0.25) is 5.91 Å². The maximum atomic E-state index is 12.7. The lowest BCUT2D eigenvalue weighted by Gasteiger charge is -2.18. The van der Waals surface area contributed by atoms with E-state index in [0.717, 1.165) is 17.2 Å². The van der Waals surface area contributed by atoms with E-state index >= 15 is 0 Å². The first kappa shape index (κ1) is 17.3. The molecule has 1 N–H and O–H groups in total. The van der Waals surface area contributed by atoms with E-state index < -0.39 is 17.9 Å². The van der Waals surface area contributed by atoms with Gasteiger partial charge in [0.15, 0.2) is 0 Å². The number of aromatic nitrogens is 1. The Bertz CT molecular complexity index is 759. The summed E-state index contributed by atoms with van der Waals surface area (Å²) in [6, 6.07) is 11.0. The molecule has 1 aromatic heterocycles. The molecule has 1 saturated heterocycles. The number of carbonyl (C=O) groups excluding carboxylic acids is 1. The Labute approximate surface area is 143 Å². The van der Waals surface area contributed by atoms with Crippen molar-refractivity contribution >= 4 is 11.7 Å². The average molecular weight is 349 g/mol. The highest BCUT2D eigenvalue weighted by Gasteiger charge is 2.34. The molecule has 0 spiro atoms. The Hall–Kier alpha value is -2.57. The van der Waals surface area contributed by atoms with Gasteiger partial charge in [-0.3, -0.25) is 4.79 Å². The molecular formula is C18H18F3N3O. The third-order valence-corrected chi connectivity index (χ3v) is 4.15. The third-order valence-electron chi connectivity index (χ3n) is 4.15. The van der Waals surface area contributed by atoms with E-state index in [9.17, 15) is 18.0 Å². The van der Waals surface area contributed by atoms with Crippen LogP contribution in [0.15, 0.2) is 42.5 Å². The maximum absolute atomic E-state index is 12.7. The van der Waals surface area contributed by atoms with Crippen molar-refractivity contribution in [1.29, 1.82) is 0 Å². The summed E-state index contributed by atoms with van der Waals surface area (Å²) in [5, 5.41) is 2.83. The van der Waals surface area contributed by atoms with Crippen LogP contribution in [0, 0.1) is 6.92 Å². The molecule has 1 aliphatic rings. The number of amides is 1. The van der Waals surface area contributed by atoms with Crippen molar-refractivity contribution in [2.75, 3.05) is 11.9 Å². The Balaban J connectivity index is 1.65. The molecule has 1 atom stereocenters. The maximum Gasteiger partial charge on any atom is 0.433 e. The molecule has 132 valence electrons. The molecule has 3 rings (SSSR count). The smallest absolute Gasteiger partial charge is 0.358 e. The quantitative estimate of drug-likeness (QED) is 0.917. The van der Waals surface area contributed by atoms with Crippen molar-refractivity contribution in [3.8, 4) is 0 Å². The van der Waals surface area contributed by atoms with Crippen molar-refractivity contribution in [2.24, 2.45) is 0 Å². The van der Waals surface area contributed by atoms with Crippen LogP contribution in [-0.2, 0) is 17.5 Å². The van der Waals surface area contributed by atoms with Crippen molar-refractivity contribution in [2.45, 2.75) is 32.1 Å². The molecule has 7 heteroatoms. The van der Waals surface area contributed by atoms with Crippen LogP contribution in [0.4, 0.5) is 19.0 Å². The third kappa shape index (κ3) is 4.10. The molecule has 2 heterocycles. The van der Waals surface area contributed by atoms with E-state index in [-0.39, 0.29) is 11.7 Å². The average Bonchev–Trinajstić information content (AvgIpc) is 2.90. The first-order valence-corrected chi connectivity index (χ1v) is 7.98. The zero-order valence-electron chi connectivity index (χ0n) is 13.7. The van der Waals surface area contributed by atoms with Gasteiger partial charge in [0.25, 0.3) is 0 Å². The first-order valence-electron chi connectivity index (χ1n) is 7.98. The fourth-order valence-electron chi connectivity index (χ4n) is 2.80. The van der Waals surface area contributed by atoms with Crippen molar-refractivity contribution in [1.82, 2.24) is 9.88 Å². The number of nitrogens with zero attached hydrogens (tertiary/aromatic N) is 2. The lowest BCUT2D eigenvalue weighted by atomic mass is 10.1. The predicted molar refractivity (Wildman–Crippen MR) is 87.9 cm³/mol. The van der Waals surface area contributed by atoms with Crippen LogP contribution >= 0.6 is 0 Å². The lowest BCUT2D eigenvalue weighted by molar-refractivity contribution is -0.141. The summed E-state index contributed by atoms with van der Waals surface area (Å²) in [5.74, 6) is -0.0647. The number of nitrogens with one attached hydrogen (secondary N) is 1. The van der Waals surface area contributed by atoms with Crippen LogP contribution in [0.5, 0.6) is 0 Å². The zero-order chi connectivity index (χ0) is 18.0. The second kappa shape index (κ2) is 6.74. The number of benzene rings is 1. The first-order chi connectivity index (χ1) is 11.8. The van der Waals surface area contributed by atoms with Crippen LogP contribution in [0.3, 0.4) is 0 Å². The van der Waals surface area contributed by atoms with E-state index in [0.29, 0.717) is 19.5 Å². The summed E-state index contributed by atoms with van der Waals surface area (Å²) in [7, 11) is 0. The summed E-state index contributed by atoms with van der Waals surface area (Å²) in [6.45, 7) is 3.05. The number of alkyl halides is 3. The van der Waals surface area contributed by atoms with Crippen LogP contribution in [0.1, 0.15) is 23.2 Å². The molecule has 0 bridgehead atoms. The van der Waals surface area contributed by atoms with Crippen LogP contribution in [-0.4, -0.2) is 28.4 Å². The minimum atomic E-state index is -4.51. The Kier molecular flexibility index (Phi) is 4.65. The van der Waals surface area contributed by atoms with Gasteiger partial charge in [-0.15, -0.1) is 0 Å². The highest BCUT2D eigenvalue weighted by atomic mass is 19.4. The number of hydrogen-bond donors (Lipinski definition) is 1. The van der Waals surface area contributed by atoms with Gasteiger partial charge in [0.05, 0.1) is 0 Å². The van der Waals surface area contributed by atoms with Gasteiger partial charge >= 0.3 is 6.18 Å². The van der Waals surface area contributed by atoms with Crippen molar-refractivity contribution in [3.05, 3.63) is 59.3 Å². The Morgan fingerprint density at radius 2 is 1.92 bits per heavy atom. The molecular weight excluding hydrogens is 331 g/mol. The van der Waals surface area contributed by atoms with E-state index in [2.05, 4.69) is 10.3 Å². The van der Waals surface area contributed by atoms with Crippen LogP contribution in [0.2, 0.25) is 0 Å². The second-order valence-corrected chi connectivity index (χ2v) is 6.14.